The van der Waals surface area contributed by atoms with Gasteiger partial charge >= 0.3 is 0 Å². The van der Waals surface area contributed by atoms with Crippen molar-refractivity contribution in [2.24, 2.45) is 5.92 Å². The fraction of sp³-hybridized carbons (Fsp3) is 0.625. The van der Waals surface area contributed by atoms with Gasteiger partial charge in [-0.3, -0.25) is 9.78 Å². The second kappa shape index (κ2) is 5.92. The molecule has 1 saturated heterocycles. The van der Waals surface area contributed by atoms with Gasteiger partial charge in [0.05, 0.1) is 0 Å². The van der Waals surface area contributed by atoms with Crippen LogP contribution in [0.5, 0.6) is 0 Å². The van der Waals surface area contributed by atoms with E-state index in [1.165, 1.54) is 0 Å². The first-order valence-electron chi connectivity index (χ1n) is 7.35. The van der Waals surface area contributed by atoms with Crippen molar-refractivity contribution in [1.29, 1.82) is 0 Å². The number of carbonyl (C=O) groups excluding carboxylic acids is 1. The molecule has 0 aliphatic carbocycles. The van der Waals surface area contributed by atoms with Crippen LogP contribution in [0.2, 0.25) is 0 Å². The first kappa shape index (κ1) is 15.0. The lowest BCUT2D eigenvalue weighted by atomic mass is 9.93. The van der Waals surface area contributed by atoms with Crippen molar-refractivity contribution in [2.75, 3.05) is 13.1 Å². The normalized spacial score (nSPS) is 22.1. The van der Waals surface area contributed by atoms with Gasteiger partial charge in [0.25, 0.3) is 5.91 Å². The van der Waals surface area contributed by atoms with Crippen LogP contribution in [-0.4, -0.2) is 40.5 Å². The number of nitrogens with zero attached hydrogens (tertiary/aromatic N) is 2. The van der Waals surface area contributed by atoms with Crippen LogP contribution >= 0.6 is 0 Å². The molecule has 0 saturated carbocycles. The molecule has 1 aromatic heterocycles. The van der Waals surface area contributed by atoms with Gasteiger partial charge in [0.15, 0.2) is 0 Å². The third kappa shape index (κ3) is 3.57. The maximum absolute atomic E-state index is 12.7. The lowest BCUT2D eigenvalue weighted by Gasteiger charge is -2.45. The topological polar surface area (TPSA) is 45.2 Å². The van der Waals surface area contributed by atoms with Crippen molar-refractivity contribution < 1.29 is 4.79 Å². The summed E-state index contributed by atoms with van der Waals surface area (Å²) in [4.78, 5) is 18.8. The molecule has 2 heterocycles. The van der Waals surface area contributed by atoms with Crippen molar-refractivity contribution >= 4 is 5.91 Å². The summed E-state index contributed by atoms with van der Waals surface area (Å²) < 4.78 is 0. The van der Waals surface area contributed by atoms with Gasteiger partial charge in [0.2, 0.25) is 0 Å². The number of pyridine rings is 1. The van der Waals surface area contributed by atoms with Crippen LogP contribution in [0.1, 0.15) is 44.5 Å². The van der Waals surface area contributed by atoms with E-state index in [2.05, 4.69) is 38.0 Å². The van der Waals surface area contributed by atoms with Gasteiger partial charge in [-0.1, -0.05) is 13.8 Å². The molecular weight excluding hydrogens is 250 g/mol. The first-order valence-corrected chi connectivity index (χ1v) is 7.35. The number of hydrogen-bond acceptors (Lipinski definition) is 3. The fourth-order valence-corrected chi connectivity index (χ4v) is 2.77. The molecule has 1 fully saturated rings. The van der Waals surface area contributed by atoms with E-state index in [1.807, 2.05) is 4.90 Å². The highest BCUT2D eigenvalue weighted by Gasteiger charge is 2.35. The van der Waals surface area contributed by atoms with Crippen LogP contribution in [0.3, 0.4) is 0 Å². The highest BCUT2D eigenvalue weighted by Crippen LogP contribution is 2.22. The van der Waals surface area contributed by atoms with Gasteiger partial charge in [-0.05, 0) is 38.3 Å². The SMILES string of the molecule is CC(C)CC1CNC(C)(C)CN1C(=O)c1ccncc1. The second-order valence-corrected chi connectivity index (χ2v) is 6.72. The number of hydrogen-bond donors (Lipinski definition) is 1. The number of carbonyl (C=O) groups is 1. The fourth-order valence-electron chi connectivity index (χ4n) is 2.77. The van der Waals surface area contributed by atoms with Gasteiger partial charge in [-0.2, -0.15) is 0 Å². The summed E-state index contributed by atoms with van der Waals surface area (Å²) in [6, 6.07) is 3.86. The third-order valence-corrected chi connectivity index (χ3v) is 3.75. The van der Waals surface area contributed by atoms with E-state index in [1.54, 1.807) is 24.5 Å². The Hall–Kier alpha value is -1.42. The third-order valence-electron chi connectivity index (χ3n) is 3.75. The molecule has 1 unspecified atom stereocenters. The van der Waals surface area contributed by atoms with Crippen LogP contribution in [0.15, 0.2) is 24.5 Å². The lowest BCUT2D eigenvalue weighted by Crippen LogP contribution is -2.63. The number of amides is 1. The number of piperazine rings is 1. The van der Waals surface area contributed by atoms with E-state index in [0.717, 1.165) is 25.1 Å². The van der Waals surface area contributed by atoms with Crippen LogP contribution < -0.4 is 5.32 Å². The number of aromatic nitrogens is 1. The molecule has 4 heteroatoms. The van der Waals surface area contributed by atoms with Gasteiger partial charge in [-0.25, -0.2) is 0 Å². The largest absolute Gasteiger partial charge is 0.333 e. The van der Waals surface area contributed by atoms with Crippen LogP contribution in [0, 0.1) is 5.92 Å². The summed E-state index contributed by atoms with van der Waals surface area (Å²) in [5, 5.41) is 3.54. The molecular formula is C16H25N3O. The van der Waals surface area contributed by atoms with Crippen molar-refractivity contribution in [1.82, 2.24) is 15.2 Å². The van der Waals surface area contributed by atoms with Gasteiger partial charge < -0.3 is 10.2 Å². The molecule has 0 aromatic carbocycles. The number of nitrogens with one attached hydrogen (secondary N) is 1. The Morgan fingerprint density at radius 2 is 2.10 bits per heavy atom. The molecule has 1 atom stereocenters. The Balaban J connectivity index is 2.20. The van der Waals surface area contributed by atoms with Crippen molar-refractivity contribution in [3.05, 3.63) is 30.1 Å². The molecule has 1 aliphatic heterocycles. The van der Waals surface area contributed by atoms with E-state index in [0.29, 0.717) is 5.92 Å². The molecule has 1 aliphatic rings. The highest BCUT2D eigenvalue weighted by atomic mass is 16.2. The van der Waals surface area contributed by atoms with E-state index in [4.69, 9.17) is 0 Å². The molecule has 4 nitrogen and oxygen atoms in total. The van der Waals surface area contributed by atoms with E-state index >= 15 is 0 Å². The molecule has 1 N–H and O–H groups in total. The Morgan fingerprint density at radius 1 is 1.45 bits per heavy atom. The first-order chi connectivity index (χ1) is 9.39. The van der Waals surface area contributed by atoms with Gasteiger partial charge in [0, 0.05) is 42.6 Å². The van der Waals surface area contributed by atoms with E-state index in [-0.39, 0.29) is 17.5 Å². The minimum atomic E-state index is -0.0316. The summed E-state index contributed by atoms with van der Waals surface area (Å²) >= 11 is 0. The molecule has 110 valence electrons. The summed E-state index contributed by atoms with van der Waals surface area (Å²) in [6.45, 7) is 10.3. The maximum Gasteiger partial charge on any atom is 0.254 e. The molecule has 20 heavy (non-hydrogen) atoms. The molecule has 2 rings (SSSR count). The Bertz CT molecular complexity index is 456. The Morgan fingerprint density at radius 3 is 2.70 bits per heavy atom. The zero-order valence-electron chi connectivity index (χ0n) is 12.9. The Kier molecular flexibility index (Phi) is 4.43. The van der Waals surface area contributed by atoms with E-state index < -0.39 is 0 Å². The van der Waals surface area contributed by atoms with Crippen LogP contribution in [-0.2, 0) is 0 Å². The minimum Gasteiger partial charge on any atom is -0.333 e. The van der Waals surface area contributed by atoms with Crippen molar-refractivity contribution in [3.8, 4) is 0 Å². The standard InChI is InChI=1S/C16H25N3O/c1-12(2)9-14-10-18-16(3,4)11-19(14)15(20)13-5-7-17-8-6-13/h5-8,12,14,18H,9-11H2,1-4H3. The minimum absolute atomic E-state index is 0.0316. The molecule has 0 radical (unpaired) electrons. The molecule has 1 amide bonds. The average molecular weight is 275 g/mol. The predicted octanol–water partition coefficient (Wildman–Crippen LogP) is 2.32. The van der Waals surface area contributed by atoms with Gasteiger partial charge in [0.1, 0.15) is 0 Å². The smallest absolute Gasteiger partial charge is 0.254 e. The zero-order valence-corrected chi connectivity index (χ0v) is 12.9. The summed E-state index contributed by atoms with van der Waals surface area (Å²) in [6.07, 6.45) is 4.38. The maximum atomic E-state index is 12.7. The summed E-state index contributed by atoms with van der Waals surface area (Å²) in [7, 11) is 0. The number of rotatable bonds is 3. The van der Waals surface area contributed by atoms with Crippen LogP contribution in [0.4, 0.5) is 0 Å². The van der Waals surface area contributed by atoms with Crippen LogP contribution in [0.25, 0.3) is 0 Å². The van der Waals surface area contributed by atoms with Crippen molar-refractivity contribution in [2.45, 2.75) is 45.7 Å². The molecule has 0 bridgehead atoms. The Labute approximate surface area is 121 Å². The second-order valence-electron chi connectivity index (χ2n) is 6.72. The summed E-state index contributed by atoms with van der Waals surface area (Å²) in [5.41, 5.74) is 0.697. The summed E-state index contributed by atoms with van der Waals surface area (Å²) in [5.74, 6) is 0.698. The molecule has 0 spiro atoms. The average Bonchev–Trinajstić information content (AvgIpc) is 2.40. The molecule has 1 aromatic rings. The van der Waals surface area contributed by atoms with Crippen molar-refractivity contribution in [3.63, 3.8) is 0 Å². The highest BCUT2D eigenvalue weighted by molar-refractivity contribution is 5.94. The zero-order chi connectivity index (χ0) is 14.8. The van der Waals surface area contributed by atoms with Gasteiger partial charge in [-0.15, -0.1) is 0 Å². The van der Waals surface area contributed by atoms with E-state index in [9.17, 15) is 4.79 Å². The lowest BCUT2D eigenvalue weighted by molar-refractivity contribution is 0.0468. The quantitative estimate of drug-likeness (QED) is 0.921. The monoisotopic (exact) mass is 275 g/mol. The predicted molar refractivity (Wildman–Crippen MR) is 80.6 cm³/mol.